The lowest BCUT2D eigenvalue weighted by Gasteiger charge is -2.33. The Hall–Kier alpha value is -4.54. The summed E-state index contributed by atoms with van der Waals surface area (Å²) in [5, 5.41) is 18.5. The van der Waals surface area contributed by atoms with Crippen molar-refractivity contribution in [2.24, 2.45) is 0 Å². The van der Waals surface area contributed by atoms with E-state index in [9.17, 15) is 15.2 Å². The second-order valence-electron chi connectivity index (χ2n) is 11.3. The van der Waals surface area contributed by atoms with Gasteiger partial charge in [0.15, 0.2) is 11.5 Å². The van der Waals surface area contributed by atoms with Crippen molar-refractivity contribution in [3.8, 4) is 28.9 Å². The number of para-hydroxylation sites is 2. The number of fused-ring (bicyclic) bond motifs is 2. The molecule has 0 amide bonds. The molecule has 5 rings (SSSR count). The maximum atomic E-state index is 11.4. The highest BCUT2D eigenvalue weighted by Crippen LogP contribution is 2.48. The Kier molecular flexibility index (Phi) is 10.9. The number of benzene rings is 2. The van der Waals surface area contributed by atoms with E-state index in [0.717, 1.165) is 93.9 Å². The van der Waals surface area contributed by atoms with Crippen LogP contribution in [-0.4, -0.2) is 17.6 Å². The van der Waals surface area contributed by atoms with E-state index in [2.05, 4.69) is 49.1 Å². The van der Waals surface area contributed by atoms with Gasteiger partial charge in [0.05, 0.1) is 11.4 Å². The van der Waals surface area contributed by atoms with Crippen molar-refractivity contribution in [3.05, 3.63) is 87.3 Å². The average Bonchev–Trinajstić information content (AvgIpc) is 3.69. The number of hydrogen-bond donors (Lipinski definition) is 1. The summed E-state index contributed by atoms with van der Waals surface area (Å²) in [4.78, 5) is 15.6. The lowest BCUT2D eigenvalue weighted by molar-refractivity contribution is -0.132. The van der Waals surface area contributed by atoms with Crippen LogP contribution in [0.4, 0.5) is 11.4 Å². The molecule has 0 bridgehead atoms. The summed E-state index contributed by atoms with van der Waals surface area (Å²) in [5.41, 5.74) is 3.99. The van der Waals surface area contributed by atoms with Crippen LogP contribution in [0.15, 0.2) is 70.7 Å². The smallest absolute Gasteiger partial charge is 0.346 e. The molecule has 3 heterocycles. The minimum absolute atomic E-state index is 0.267. The number of ether oxygens (including phenoxy) is 1. The Morgan fingerprint density at radius 1 is 0.911 bits per heavy atom. The van der Waals surface area contributed by atoms with Gasteiger partial charge in [-0.05, 0) is 91.6 Å². The minimum atomic E-state index is -1.22. The van der Waals surface area contributed by atoms with Gasteiger partial charge >= 0.3 is 5.97 Å². The number of carboxylic acid groups (broad SMARTS) is 1. The first-order chi connectivity index (χ1) is 22.0. The van der Waals surface area contributed by atoms with Crippen molar-refractivity contribution < 1.29 is 19.1 Å². The number of thiophene rings is 1. The quantitative estimate of drug-likeness (QED) is 0.0808. The number of carboxylic acids is 1. The van der Waals surface area contributed by atoms with E-state index < -0.39 is 5.97 Å². The first kappa shape index (κ1) is 31.9. The predicted molar refractivity (Wildman–Crippen MR) is 184 cm³/mol. The first-order valence-electron chi connectivity index (χ1n) is 15.9. The van der Waals surface area contributed by atoms with Crippen molar-refractivity contribution in [1.82, 2.24) is 0 Å². The topological polar surface area (TPSA) is 86.7 Å². The molecule has 1 aliphatic rings. The van der Waals surface area contributed by atoms with Crippen molar-refractivity contribution in [1.29, 1.82) is 5.26 Å². The Morgan fingerprint density at radius 3 is 2.47 bits per heavy atom. The molecular weight excluding hydrogens is 580 g/mol. The standard InChI is InChI=1S/C38H40N2O4S/c1-3-5-7-9-13-28-23-31(24-29(26-39)38(41)42)45-37(28)21-18-30-17-20-34(43-30)27-16-19-33-36(25-27)44-35-15-11-10-14-32(35)40(33)22-12-8-6-4-2/h10-11,14-21,23-25H,3-9,12-13,22H2,1-2H3,(H,41,42)/b21-18+,29-24-. The summed E-state index contributed by atoms with van der Waals surface area (Å²) >= 11 is 1.48. The predicted octanol–water partition coefficient (Wildman–Crippen LogP) is 11.1. The molecule has 0 spiro atoms. The van der Waals surface area contributed by atoms with Crippen LogP contribution in [0.5, 0.6) is 11.5 Å². The Labute approximate surface area is 269 Å². The van der Waals surface area contributed by atoms with Crippen LogP contribution in [0.25, 0.3) is 29.6 Å². The van der Waals surface area contributed by atoms with Crippen molar-refractivity contribution in [2.75, 3.05) is 11.4 Å². The maximum Gasteiger partial charge on any atom is 0.346 e. The number of nitriles is 1. The number of nitrogens with zero attached hydrogens (tertiary/aromatic N) is 2. The Balaban J connectivity index is 1.36. The zero-order chi connectivity index (χ0) is 31.6. The third-order valence-corrected chi connectivity index (χ3v) is 9.06. The number of aryl methyl sites for hydroxylation is 1. The summed E-state index contributed by atoms with van der Waals surface area (Å²) in [6.07, 6.45) is 15.7. The molecule has 0 radical (unpaired) electrons. The molecule has 45 heavy (non-hydrogen) atoms. The van der Waals surface area contributed by atoms with E-state index in [1.165, 1.54) is 43.1 Å². The van der Waals surface area contributed by atoms with E-state index in [-0.39, 0.29) is 5.57 Å². The Morgan fingerprint density at radius 2 is 1.69 bits per heavy atom. The van der Waals surface area contributed by atoms with Crippen LogP contribution in [-0.2, 0) is 11.2 Å². The molecule has 1 aliphatic heterocycles. The minimum Gasteiger partial charge on any atom is -0.477 e. The summed E-state index contributed by atoms with van der Waals surface area (Å²) in [6.45, 7) is 5.36. The average molecular weight is 621 g/mol. The molecule has 232 valence electrons. The van der Waals surface area contributed by atoms with E-state index in [4.69, 9.17) is 9.15 Å². The van der Waals surface area contributed by atoms with Crippen LogP contribution in [0.1, 0.15) is 86.3 Å². The zero-order valence-corrected chi connectivity index (χ0v) is 26.9. The largest absolute Gasteiger partial charge is 0.477 e. The second-order valence-corrected chi connectivity index (χ2v) is 12.4. The molecule has 2 aromatic heterocycles. The fourth-order valence-corrected chi connectivity index (χ4v) is 6.64. The van der Waals surface area contributed by atoms with Gasteiger partial charge < -0.3 is 19.2 Å². The molecule has 1 N–H and O–H groups in total. The summed E-state index contributed by atoms with van der Waals surface area (Å²) < 4.78 is 12.6. The number of carbonyl (C=O) groups is 1. The van der Waals surface area contributed by atoms with E-state index >= 15 is 0 Å². The monoisotopic (exact) mass is 620 g/mol. The van der Waals surface area contributed by atoms with Gasteiger partial charge in [-0.25, -0.2) is 4.79 Å². The normalized spacial score (nSPS) is 12.6. The van der Waals surface area contributed by atoms with Crippen molar-refractivity contribution in [3.63, 3.8) is 0 Å². The number of unbranched alkanes of at least 4 members (excludes halogenated alkanes) is 6. The number of furan rings is 1. The molecule has 2 aromatic carbocycles. The third kappa shape index (κ3) is 7.95. The fraction of sp³-hybridized carbons (Fsp3) is 0.316. The van der Waals surface area contributed by atoms with Gasteiger partial charge in [-0.3, -0.25) is 0 Å². The number of aliphatic carboxylic acids is 1. The van der Waals surface area contributed by atoms with E-state index in [0.29, 0.717) is 0 Å². The molecule has 0 aliphatic carbocycles. The van der Waals surface area contributed by atoms with Crippen LogP contribution in [0.2, 0.25) is 0 Å². The number of hydrogen-bond acceptors (Lipinski definition) is 6. The highest BCUT2D eigenvalue weighted by molar-refractivity contribution is 7.14. The molecule has 6 nitrogen and oxygen atoms in total. The molecular formula is C38H40N2O4S. The molecule has 4 aromatic rings. The zero-order valence-electron chi connectivity index (χ0n) is 26.1. The van der Waals surface area contributed by atoms with Gasteiger partial charge in [-0.15, -0.1) is 11.3 Å². The SMILES string of the molecule is CCCCCCc1cc(/C=C(/C#N)C(=O)O)sc1/C=C/c1ccc(-c2ccc3c(c2)Oc2ccccc2N3CCCCCC)o1. The molecule has 7 heteroatoms. The third-order valence-electron chi connectivity index (χ3n) is 7.97. The van der Waals surface area contributed by atoms with E-state index in [1.807, 2.05) is 42.5 Å². The summed E-state index contributed by atoms with van der Waals surface area (Å²) in [6, 6.07) is 22.2. The van der Waals surface area contributed by atoms with Gasteiger partial charge in [0.2, 0.25) is 0 Å². The number of rotatable bonds is 15. The molecule has 0 saturated heterocycles. The van der Waals surface area contributed by atoms with Gasteiger partial charge in [0.25, 0.3) is 0 Å². The first-order valence-corrected chi connectivity index (χ1v) is 16.8. The van der Waals surface area contributed by atoms with Crippen LogP contribution in [0.3, 0.4) is 0 Å². The second kappa shape index (κ2) is 15.5. The van der Waals surface area contributed by atoms with Gasteiger partial charge in [-0.1, -0.05) is 64.5 Å². The van der Waals surface area contributed by atoms with Crippen LogP contribution in [0, 0.1) is 11.3 Å². The fourth-order valence-electron chi connectivity index (χ4n) is 5.58. The van der Waals surface area contributed by atoms with Crippen LogP contribution >= 0.6 is 11.3 Å². The van der Waals surface area contributed by atoms with Gasteiger partial charge in [-0.2, -0.15) is 5.26 Å². The van der Waals surface area contributed by atoms with Crippen LogP contribution < -0.4 is 9.64 Å². The lowest BCUT2D eigenvalue weighted by Crippen LogP contribution is -2.22. The summed E-state index contributed by atoms with van der Waals surface area (Å²) in [5.74, 6) is 1.94. The molecule has 0 fully saturated rings. The highest BCUT2D eigenvalue weighted by atomic mass is 32.1. The Bertz CT molecular complexity index is 1720. The van der Waals surface area contributed by atoms with E-state index in [1.54, 1.807) is 6.07 Å². The highest BCUT2D eigenvalue weighted by Gasteiger charge is 2.24. The van der Waals surface area contributed by atoms with Gasteiger partial charge in [0.1, 0.15) is 23.2 Å². The van der Waals surface area contributed by atoms with Crippen molar-refractivity contribution in [2.45, 2.75) is 71.6 Å². The molecule has 0 atom stereocenters. The van der Waals surface area contributed by atoms with Crippen molar-refractivity contribution >= 4 is 46.9 Å². The molecule has 0 unspecified atom stereocenters. The lowest BCUT2D eigenvalue weighted by atomic mass is 10.1. The molecule has 0 saturated carbocycles. The maximum absolute atomic E-state index is 11.4. The van der Waals surface area contributed by atoms with Gasteiger partial charge in [0, 0.05) is 21.9 Å². The summed E-state index contributed by atoms with van der Waals surface area (Å²) in [7, 11) is 0. The number of anilines is 2.